The first kappa shape index (κ1) is 15.0. The van der Waals surface area contributed by atoms with Crippen molar-refractivity contribution in [3.63, 3.8) is 0 Å². The first-order chi connectivity index (χ1) is 10.4. The standard InChI is InChI=1S/C13H16N6OS2/c1-5-6(2)21-12-9(5)11(20)15-10(16-12)7(3)22-13-18-17-8(4)19(13)14/h7H,14H2,1-4H3,(H,15,16,20)/t7-/m1/s1. The predicted octanol–water partition coefficient (Wildman–Crippen LogP) is 2.07. The topological polar surface area (TPSA) is 102 Å². The Bertz CT molecular complexity index is 909. The zero-order valence-corrected chi connectivity index (χ0v) is 14.3. The molecule has 1 atom stereocenters. The Morgan fingerprint density at radius 3 is 2.68 bits per heavy atom. The number of rotatable bonds is 3. The maximum absolute atomic E-state index is 12.3. The van der Waals surface area contributed by atoms with Crippen molar-refractivity contribution in [1.82, 2.24) is 24.8 Å². The number of hydrogen-bond donors (Lipinski definition) is 2. The average Bonchev–Trinajstić information content (AvgIpc) is 2.93. The van der Waals surface area contributed by atoms with Gasteiger partial charge in [-0.25, -0.2) is 9.66 Å². The summed E-state index contributed by atoms with van der Waals surface area (Å²) in [5.41, 5.74) is 0.901. The predicted molar refractivity (Wildman–Crippen MR) is 88.9 cm³/mol. The third kappa shape index (κ3) is 2.40. The molecule has 0 aliphatic heterocycles. The first-order valence-electron chi connectivity index (χ1n) is 6.72. The first-order valence-corrected chi connectivity index (χ1v) is 8.41. The lowest BCUT2D eigenvalue weighted by molar-refractivity contribution is 0.815. The molecule has 22 heavy (non-hydrogen) atoms. The molecule has 0 saturated heterocycles. The molecule has 0 aliphatic rings. The summed E-state index contributed by atoms with van der Waals surface area (Å²) in [5, 5.41) is 9.12. The molecule has 9 heteroatoms. The van der Waals surface area contributed by atoms with Crippen LogP contribution >= 0.6 is 23.1 Å². The third-order valence-corrected chi connectivity index (χ3v) is 5.73. The summed E-state index contributed by atoms with van der Waals surface area (Å²) < 4.78 is 1.43. The molecule has 116 valence electrons. The van der Waals surface area contributed by atoms with Gasteiger partial charge in [-0.3, -0.25) is 4.79 Å². The van der Waals surface area contributed by atoms with E-state index < -0.39 is 0 Å². The molecular formula is C13H16N6OS2. The van der Waals surface area contributed by atoms with Crippen molar-refractivity contribution in [1.29, 1.82) is 0 Å². The van der Waals surface area contributed by atoms with Gasteiger partial charge in [-0.2, -0.15) is 0 Å². The molecule has 0 fully saturated rings. The van der Waals surface area contributed by atoms with E-state index >= 15 is 0 Å². The van der Waals surface area contributed by atoms with E-state index in [0.717, 1.165) is 15.3 Å². The Morgan fingerprint density at radius 2 is 2.05 bits per heavy atom. The van der Waals surface area contributed by atoms with Gasteiger partial charge in [-0.05, 0) is 33.3 Å². The second kappa shape index (κ2) is 5.40. The number of thiophene rings is 1. The fraction of sp³-hybridized carbons (Fsp3) is 0.385. The van der Waals surface area contributed by atoms with Gasteiger partial charge >= 0.3 is 0 Å². The van der Waals surface area contributed by atoms with E-state index in [1.54, 1.807) is 6.92 Å². The van der Waals surface area contributed by atoms with Gasteiger partial charge in [-0.1, -0.05) is 11.8 Å². The minimum atomic E-state index is -0.0975. The van der Waals surface area contributed by atoms with Gasteiger partial charge in [0, 0.05) is 4.88 Å². The smallest absolute Gasteiger partial charge is 0.259 e. The van der Waals surface area contributed by atoms with Crippen LogP contribution in [0.3, 0.4) is 0 Å². The number of aryl methyl sites for hydroxylation is 3. The van der Waals surface area contributed by atoms with Crippen LogP contribution < -0.4 is 11.4 Å². The molecule has 3 N–H and O–H groups in total. The Hall–Kier alpha value is -1.87. The Kier molecular flexibility index (Phi) is 3.69. The fourth-order valence-corrected chi connectivity index (χ4v) is 4.02. The monoisotopic (exact) mass is 336 g/mol. The second-order valence-electron chi connectivity index (χ2n) is 5.07. The Labute approximate surface area is 134 Å². The molecule has 0 aromatic carbocycles. The lowest BCUT2D eigenvalue weighted by Crippen LogP contribution is -2.14. The highest BCUT2D eigenvalue weighted by Gasteiger charge is 2.18. The van der Waals surface area contributed by atoms with E-state index in [9.17, 15) is 4.79 Å². The molecule has 0 radical (unpaired) electrons. The van der Waals surface area contributed by atoms with Crippen LogP contribution in [0.15, 0.2) is 9.95 Å². The SMILES string of the molecule is Cc1sc2nc([C@@H](C)Sc3nnc(C)n3N)[nH]c(=O)c2c1C. The minimum Gasteiger partial charge on any atom is -0.336 e. The number of fused-ring (bicyclic) bond motifs is 1. The number of aromatic amines is 1. The molecule has 3 aromatic rings. The maximum Gasteiger partial charge on any atom is 0.259 e. The summed E-state index contributed by atoms with van der Waals surface area (Å²) >= 11 is 2.95. The molecule has 7 nitrogen and oxygen atoms in total. The summed E-state index contributed by atoms with van der Waals surface area (Å²) in [4.78, 5) is 21.7. The zero-order chi connectivity index (χ0) is 16.0. The highest BCUT2D eigenvalue weighted by molar-refractivity contribution is 7.99. The van der Waals surface area contributed by atoms with Crippen molar-refractivity contribution in [3.05, 3.63) is 32.4 Å². The lowest BCUT2D eigenvalue weighted by atomic mass is 10.2. The van der Waals surface area contributed by atoms with Crippen LogP contribution in [0.5, 0.6) is 0 Å². The Balaban J connectivity index is 1.99. The largest absolute Gasteiger partial charge is 0.336 e. The van der Waals surface area contributed by atoms with Gasteiger partial charge in [0.05, 0.1) is 10.6 Å². The van der Waals surface area contributed by atoms with E-state index in [2.05, 4.69) is 20.2 Å². The summed E-state index contributed by atoms with van der Waals surface area (Å²) in [7, 11) is 0. The highest BCUT2D eigenvalue weighted by Crippen LogP contribution is 2.33. The van der Waals surface area contributed by atoms with Gasteiger partial charge < -0.3 is 10.8 Å². The summed E-state index contributed by atoms with van der Waals surface area (Å²) in [6.07, 6.45) is 0. The number of nitrogens with one attached hydrogen (secondary N) is 1. The van der Waals surface area contributed by atoms with Crippen LogP contribution in [0.1, 0.15) is 34.3 Å². The van der Waals surface area contributed by atoms with E-state index in [1.165, 1.54) is 27.8 Å². The number of aromatic nitrogens is 5. The average molecular weight is 336 g/mol. The van der Waals surface area contributed by atoms with Gasteiger partial charge in [0.2, 0.25) is 5.16 Å². The van der Waals surface area contributed by atoms with Crippen LogP contribution in [-0.2, 0) is 0 Å². The van der Waals surface area contributed by atoms with E-state index in [-0.39, 0.29) is 10.8 Å². The molecule has 0 unspecified atom stereocenters. The van der Waals surface area contributed by atoms with E-state index in [4.69, 9.17) is 5.84 Å². The zero-order valence-electron chi connectivity index (χ0n) is 12.7. The lowest BCUT2D eigenvalue weighted by Gasteiger charge is -2.09. The quantitative estimate of drug-likeness (QED) is 0.561. The van der Waals surface area contributed by atoms with Gasteiger partial charge in [0.25, 0.3) is 5.56 Å². The molecule has 3 rings (SSSR count). The van der Waals surface area contributed by atoms with Gasteiger partial charge in [-0.15, -0.1) is 21.5 Å². The molecule has 3 aromatic heterocycles. The molecule has 0 aliphatic carbocycles. The van der Waals surface area contributed by atoms with Crippen molar-refractivity contribution < 1.29 is 0 Å². The number of hydrogen-bond acceptors (Lipinski definition) is 7. The van der Waals surface area contributed by atoms with Crippen molar-refractivity contribution in [2.24, 2.45) is 0 Å². The van der Waals surface area contributed by atoms with Crippen LogP contribution in [0.4, 0.5) is 0 Å². The highest BCUT2D eigenvalue weighted by atomic mass is 32.2. The fourth-order valence-electron chi connectivity index (χ4n) is 2.11. The number of nitrogen functional groups attached to an aromatic ring is 1. The minimum absolute atomic E-state index is 0.0919. The van der Waals surface area contributed by atoms with Crippen molar-refractivity contribution >= 4 is 33.3 Å². The molecule has 0 spiro atoms. The molecular weight excluding hydrogens is 320 g/mol. The second-order valence-corrected chi connectivity index (χ2v) is 7.59. The third-order valence-electron chi connectivity index (χ3n) is 3.56. The molecule has 3 heterocycles. The number of H-pyrrole nitrogens is 1. The van der Waals surface area contributed by atoms with E-state index in [1.807, 2.05) is 20.8 Å². The van der Waals surface area contributed by atoms with Crippen molar-refractivity contribution in [2.75, 3.05) is 5.84 Å². The molecule has 0 bridgehead atoms. The van der Waals surface area contributed by atoms with Crippen LogP contribution in [0, 0.1) is 20.8 Å². The van der Waals surface area contributed by atoms with E-state index in [0.29, 0.717) is 22.2 Å². The summed E-state index contributed by atoms with van der Waals surface area (Å²) in [6, 6.07) is 0. The van der Waals surface area contributed by atoms with Crippen molar-refractivity contribution in [2.45, 2.75) is 38.1 Å². The van der Waals surface area contributed by atoms with Crippen molar-refractivity contribution in [3.8, 4) is 0 Å². The molecule has 0 amide bonds. The number of nitrogens with two attached hydrogens (primary N) is 1. The molecule has 0 saturated carbocycles. The Morgan fingerprint density at radius 1 is 1.32 bits per heavy atom. The van der Waals surface area contributed by atoms with Gasteiger partial charge in [0.15, 0.2) is 0 Å². The number of nitrogens with zero attached hydrogens (tertiary/aromatic N) is 4. The van der Waals surface area contributed by atoms with Gasteiger partial charge in [0.1, 0.15) is 16.5 Å². The summed E-state index contributed by atoms with van der Waals surface area (Å²) in [6.45, 7) is 7.68. The number of thioether (sulfide) groups is 1. The summed E-state index contributed by atoms with van der Waals surface area (Å²) in [5.74, 6) is 7.10. The van der Waals surface area contributed by atoms with Crippen LogP contribution in [-0.4, -0.2) is 24.8 Å². The maximum atomic E-state index is 12.3. The normalized spacial score (nSPS) is 12.9. The van der Waals surface area contributed by atoms with Crippen LogP contribution in [0.2, 0.25) is 0 Å². The van der Waals surface area contributed by atoms with Crippen LogP contribution in [0.25, 0.3) is 10.2 Å².